The van der Waals surface area contributed by atoms with E-state index < -0.39 is 16.3 Å². The van der Waals surface area contributed by atoms with Crippen LogP contribution < -0.4 is 5.32 Å². The van der Waals surface area contributed by atoms with Crippen molar-refractivity contribution >= 4 is 28.9 Å². The van der Waals surface area contributed by atoms with Gasteiger partial charge >= 0.3 is 11.7 Å². The lowest BCUT2D eigenvalue weighted by Gasteiger charge is -2.37. The van der Waals surface area contributed by atoms with Gasteiger partial charge in [-0.1, -0.05) is 24.1 Å². The van der Waals surface area contributed by atoms with Gasteiger partial charge in [0, 0.05) is 6.54 Å². The fourth-order valence-electron chi connectivity index (χ4n) is 2.18. The van der Waals surface area contributed by atoms with E-state index in [0.29, 0.717) is 12.8 Å². The number of anilines is 1. The van der Waals surface area contributed by atoms with Crippen LogP contribution in [0.2, 0.25) is 5.02 Å². The van der Waals surface area contributed by atoms with Crippen molar-refractivity contribution in [1.82, 2.24) is 0 Å². The molecule has 1 aromatic carbocycles. The lowest BCUT2D eigenvalue weighted by atomic mass is 9.69. The van der Waals surface area contributed by atoms with E-state index in [2.05, 4.69) is 5.32 Å². The Morgan fingerprint density at radius 3 is 2.68 bits per heavy atom. The summed E-state index contributed by atoms with van der Waals surface area (Å²) in [7, 11) is 0. The summed E-state index contributed by atoms with van der Waals surface area (Å²) in [6.45, 7) is 0.170. The molecular formula is C12H13ClN2O4. The molecule has 0 heterocycles. The molecular weight excluding hydrogens is 272 g/mol. The maximum Gasteiger partial charge on any atom is 0.311 e. The number of carbonyl (C=O) groups is 1. The van der Waals surface area contributed by atoms with Crippen LogP contribution in [-0.4, -0.2) is 22.5 Å². The molecule has 0 aliphatic heterocycles. The minimum absolute atomic E-state index is 0.0352. The average molecular weight is 285 g/mol. The molecule has 1 aromatic rings. The molecule has 1 aliphatic carbocycles. The molecule has 2 rings (SSSR count). The number of nitro groups is 1. The van der Waals surface area contributed by atoms with E-state index >= 15 is 0 Å². The Labute approximate surface area is 114 Å². The van der Waals surface area contributed by atoms with Gasteiger partial charge in [-0.15, -0.1) is 0 Å². The first kappa shape index (κ1) is 13.6. The Kier molecular flexibility index (Phi) is 3.61. The van der Waals surface area contributed by atoms with Gasteiger partial charge in [-0.2, -0.15) is 0 Å². The van der Waals surface area contributed by atoms with E-state index in [0.717, 1.165) is 6.42 Å². The second-order valence-corrected chi connectivity index (χ2v) is 5.09. The molecule has 7 heteroatoms. The number of para-hydroxylation sites is 1. The average Bonchev–Trinajstić information content (AvgIpc) is 2.26. The molecule has 0 saturated heterocycles. The third-order valence-corrected chi connectivity index (χ3v) is 3.86. The second kappa shape index (κ2) is 5.05. The minimum atomic E-state index is -0.865. The van der Waals surface area contributed by atoms with Gasteiger partial charge in [-0.05, 0) is 25.0 Å². The molecule has 2 N–H and O–H groups in total. The number of nitrogens with zero attached hydrogens (tertiary/aromatic N) is 1. The first-order chi connectivity index (χ1) is 8.96. The Morgan fingerprint density at radius 2 is 2.21 bits per heavy atom. The SMILES string of the molecule is O=C(O)C1(CNc2cccc(Cl)c2[N+](=O)[O-])CCC1. The van der Waals surface area contributed by atoms with E-state index in [1.165, 1.54) is 12.1 Å². The molecule has 1 saturated carbocycles. The standard InChI is InChI=1S/C12H13ClN2O4/c13-8-3-1-4-9(10(8)15(18)19)14-7-12(11(16)17)5-2-6-12/h1,3-4,14H,2,5-7H2,(H,16,17). The van der Waals surface area contributed by atoms with Crippen molar-refractivity contribution in [2.75, 3.05) is 11.9 Å². The fraction of sp³-hybridized carbons (Fsp3) is 0.417. The van der Waals surface area contributed by atoms with Crippen molar-refractivity contribution in [3.8, 4) is 0 Å². The Balaban J connectivity index is 2.18. The number of benzene rings is 1. The quantitative estimate of drug-likeness (QED) is 0.640. The Bertz CT molecular complexity index is 528. The normalized spacial score (nSPS) is 16.5. The highest BCUT2D eigenvalue weighted by Crippen LogP contribution is 2.42. The maximum atomic E-state index is 11.2. The second-order valence-electron chi connectivity index (χ2n) is 4.69. The molecule has 1 fully saturated rings. The van der Waals surface area contributed by atoms with Crippen LogP contribution in [0.3, 0.4) is 0 Å². The van der Waals surface area contributed by atoms with Gasteiger partial charge in [0.15, 0.2) is 0 Å². The molecule has 0 spiro atoms. The van der Waals surface area contributed by atoms with E-state index in [-0.39, 0.29) is 22.9 Å². The van der Waals surface area contributed by atoms with Gasteiger partial charge in [0.05, 0.1) is 10.3 Å². The van der Waals surface area contributed by atoms with E-state index in [4.69, 9.17) is 11.6 Å². The topological polar surface area (TPSA) is 92.5 Å². The Hall–Kier alpha value is -1.82. The van der Waals surface area contributed by atoms with Crippen molar-refractivity contribution in [1.29, 1.82) is 0 Å². The summed E-state index contributed by atoms with van der Waals surface area (Å²) in [6.07, 6.45) is 2.04. The van der Waals surface area contributed by atoms with Crippen LogP contribution in [0.5, 0.6) is 0 Å². The summed E-state index contributed by atoms with van der Waals surface area (Å²) in [4.78, 5) is 21.6. The lowest BCUT2D eigenvalue weighted by Crippen LogP contribution is -2.43. The number of carboxylic acids is 1. The van der Waals surface area contributed by atoms with Crippen LogP contribution in [0.4, 0.5) is 11.4 Å². The van der Waals surface area contributed by atoms with Crippen molar-refractivity contribution < 1.29 is 14.8 Å². The highest BCUT2D eigenvalue weighted by Gasteiger charge is 2.44. The van der Waals surface area contributed by atoms with Gasteiger partial charge in [0.1, 0.15) is 10.7 Å². The van der Waals surface area contributed by atoms with Crippen molar-refractivity contribution in [3.63, 3.8) is 0 Å². The number of nitro benzene ring substituents is 1. The van der Waals surface area contributed by atoms with Gasteiger partial charge in [0.25, 0.3) is 0 Å². The van der Waals surface area contributed by atoms with Crippen molar-refractivity contribution in [2.24, 2.45) is 5.41 Å². The number of rotatable bonds is 5. The monoisotopic (exact) mass is 284 g/mol. The molecule has 0 unspecified atom stereocenters. The molecule has 0 bridgehead atoms. The summed E-state index contributed by atoms with van der Waals surface area (Å²) in [5.74, 6) is -0.865. The number of hydrogen-bond acceptors (Lipinski definition) is 4. The molecule has 102 valence electrons. The molecule has 0 atom stereocenters. The third-order valence-electron chi connectivity index (χ3n) is 3.55. The lowest BCUT2D eigenvalue weighted by molar-refractivity contribution is -0.383. The maximum absolute atomic E-state index is 11.2. The van der Waals surface area contributed by atoms with Crippen LogP contribution in [0, 0.1) is 15.5 Å². The summed E-state index contributed by atoms with van der Waals surface area (Å²) < 4.78 is 0. The zero-order valence-corrected chi connectivity index (χ0v) is 10.8. The molecule has 0 radical (unpaired) electrons. The van der Waals surface area contributed by atoms with Crippen LogP contribution in [0.25, 0.3) is 0 Å². The first-order valence-corrected chi connectivity index (χ1v) is 6.24. The van der Waals surface area contributed by atoms with E-state index in [1.807, 2.05) is 0 Å². The van der Waals surface area contributed by atoms with Crippen LogP contribution >= 0.6 is 11.6 Å². The number of halogens is 1. The number of aliphatic carboxylic acids is 1. The van der Waals surface area contributed by atoms with Crippen LogP contribution in [0.1, 0.15) is 19.3 Å². The van der Waals surface area contributed by atoms with Gasteiger partial charge in [0.2, 0.25) is 0 Å². The molecule has 19 heavy (non-hydrogen) atoms. The van der Waals surface area contributed by atoms with Crippen LogP contribution in [-0.2, 0) is 4.79 Å². The fourth-order valence-corrected chi connectivity index (χ4v) is 2.42. The predicted molar refractivity (Wildman–Crippen MR) is 70.5 cm³/mol. The zero-order valence-electron chi connectivity index (χ0n) is 10.1. The minimum Gasteiger partial charge on any atom is -0.481 e. The van der Waals surface area contributed by atoms with Crippen molar-refractivity contribution in [3.05, 3.63) is 33.3 Å². The highest BCUT2D eigenvalue weighted by atomic mass is 35.5. The number of carboxylic acid groups (broad SMARTS) is 1. The van der Waals surface area contributed by atoms with Crippen LogP contribution in [0.15, 0.2) is 18.2 Å². The number of nitrogens with one attached hydrogen (secondary N) is 1. The van der Waals surface area contributed by atoms with Crippen molar-refractivity contribution in [2.45, 2.75) is 19.3 Å². The largest absolute Gasteiger partial charge is 0.481 e. The van der Waals surface area contributed by atoms with Gasteiger partial charge in [-0.3, -0.25) is 14.9 Å². The van der Waals surface area contributed by atoms with E-state index in [1.54, 1.807) is 6.07 Å². The molecule has 1 aliphatic rings. The molecule has 0 amide bonds. The summed E-state index contributed by atoms with van der Waals surface area (Å²) in [5.41, 5.74) is -0.773. The van der Waals surface area contributed by atoms with E-state index in [9.17, 15) is 20.0 Å². The molecule has 0 aromatic heterocycles. The smallest absolute Gasteiger partial charge is 0.311 e. The molecule has 6 nitrogen and oxygen atoms in total. The highest BCUT2D eigenvalue weighted by molar-refractivity contribution is 6.33. The first-order valence-electron chi connectivity index (χ1n) is 5.86. The summed E-state index contributed by atoms with van der Waals surface area (Å²) in [5, 5.41) is 23.0. The Morgan fingerprint density at radius 1 is 1.53 bits per heavy atom. The number of hydrogen-bond donors (Lipinski definition) is 2. The zero-order chi connectivity index (χ0) is 14.0. The summed E-state index contributed by atoms with van der Waals surface area (Å²) >= 11 is 5.79. The third kappa shape index (κ3) is 2.49. The van der Waals surface area contributed by atoms with Gasteiger partial charge in [-0.25, -0.2) is 0 Å². The summed E-state index contributed by atoms with van der Waals surface area (Å²) in [6, 6.07) is 4.55. The predicted octanol–water partition coefficient (Wildman–Crippen LogP) is 2.92. The van der Waals surface area contributed by atoms with Gasteiger partial charge < -0.3 is 10.4 Å².